The number of aromatic nitrogens is 1. The zero-order valence-electron chi connectivity index (χ0n) is 11.1. The number of pyridine rings is 1. The number of carbonyl (C=O) groups excluding carboxylic acids is 1. The van der Waals surface area contributed by atoms with Gasteiger partial charge in [-0.15, -0.1) is 0 Å². The van der Waals surface area contributed by atoms with Crippen LogP contribution in [0.2, 0.25) is 10.2 Å². The van der Waals surface area contributed by atoms with E-state index in [1.54, 1.807) is 0 Å². The van der Waals surface area contributed by atoms with Gasteiger partial charge < -0.3 is 9.64 Å². The third-order valence-corrected chi connectivity index (χ3v) is 3.91. The van der Waals surface area contributed by atoms with Crippen LogP contribution in [0.25, 0.3) is 0 Å². The van der Waals surface area contributed by atoms with Crippen LogP contribution in [0.1, 0.15) is 28.9 Å². The zero-order valence-corrected chi connectivity index (χ0v) is 12.6. The van der Waals surface area contributed by atoms with Crippen LogP contribution in [0.15, 0.2) is 0 Å². The van der Waals surface area contributed by atoms with Crippen molar-refractivity contribution in [3.05, 3.63) is 21.4 Å². The van der Waals surface area contributed by atoms with Gasteiger partial charge in [-0.2, -0.15) is 13.2 Å². The van der Waals surface area contributed by atoms with Gasteiger partial charge in [0.2, 0.25) is 0 Å². The molecule has 0 aromatic carbocycles. The van der Waals surface area contributed by atoms with E-state index >= 15 is 0 Å². The van der Waals surface area contributed by atoms with Crippen LogP contribution in [0.4, 0.5) is 18.9 Å². The van der Waals surface area contributed by atoms with Crippen LogP contribution in [0.5, 0.6) is 0 Å². The van der Waals surface area contributed by atoms with Crippen molar-refractivity contribution >= 4 is 34.9 Å². The lowest BCUT2D eigenvalue weighted by Crippen LogP contribution is -2.27. The van der Waals surface area contributed by atoms with Crippen molar-refractivity contribution in [1.29, 1.82) is 0 Å². The van der Waals surface area contributed by atoms with Gasteiger partial charge in [-0.1, -0.05) is 23.2 Å². The van der Waals surface area contributed by atoms with Crippen LogP contribution in [0, 0.1) is 0 Å². The molecule has 1 aliphatic rings. The molecule has 1 aromatic rings. The highest BCUT2D eigenvalue weighted by Gasteiger charge is 2.44. The van der Waals surface area contributed by atoms with Crippen LogP contribution >= 0.6 is 23.2 Å². The van der Waals surface area contributed by atoms with Gasteiger partial charge in [-0.25, -0.2) is 9.78 Å². The molecular weight excluding hydrogens is 332 g/mol. The second-order valence-electron chi connectivity index (χ2n) is 4.62. The van der Waals surface area contributed by atoms with Crippen molar-refractivity contribution in [2.45, 2.75) is 25.1 Å². The average molecular weight is 343 g/mol. The summed E-state index contributed by atoms with van der Waals surface area (Å²) in [6.07, 6.45) is -3.32. The second kappa shape index (κ2) is 5.53. The zero-order chi connectivity index (χ0) is 15.9. The van der Waals surface area contributed by atoms with E-state index in [-0.39, 0.29) is 21.9 Å². The fourth-order valence-corrected chi connectivity index (χ4v) is 2.46. The van der Waals surface area contributed by atoms with E-state index < -0.39 is 23.4 Å². The predicted octanol–water partition coefficient (Wildman–Crippen LogP) is 3.79. The average Bonchev–Trinajstić information content (AvgIpc) is 3.22. The van der Waals surface area contributed by atoms with Crippen LogP contribution in [-0.2, 0) is 10.9 Å². The molecule has 116 valence electrons. The molecule has 0 aliphatic heterocycles. The summed E-state index contributed by atoms with van der Waals surface area (Å²) >= 11 is 11.7. The van der Waals surface area contributed by atoms with E-state index in [0.717, 1.165) is 20.0 Å². The lowest BCUT2D eigenvalue weighted by atomic mass is 10.1. The summed E-state index contributed by atoms with van der Waals surface area (Å²) in [7, 11) is 2.45. The molecular formula is C12H11Cl2F3N2O2. The summed E-state index contributed by atoms with van der Waals surface area (Å²) in [5.41, 5.74) is -2.45. The molecule has 21 heavy (non-hydrogen) atoms. The van der Waals surface area contributed by atoms with Crippen molar-refractivity contribution in [1.82, 2.24) is 4.98 Å². The number of anilines is 1. The van der Waals surface area contributed by atoms with Gasteiger partial charge in [0.15, 0.2) is 10.8 Å². The molecule has 1 fully saturated rings. The quantitative estimate of drug-likeness (QED) is 0.619. The summed E-state index contributed by atoms with van der Waals surface area (Å²) in [5, 5.41) is -0.696. The minimum absolute atomic E-state index is 0.0624. The van der Waals surface area contributed by atoms with Crippen molar-refractivity contribution in [2.75, 3.05) is 19.1 Å². The molecule has 0 saturated heterocycles. The summed E-state index contributed by atoms with van der Waals surface area (Å²) in [5.74, 6) is -1.22. The summed E-state index contributed by atoms with van der Waals surface area (Å²) in [6.45, 7) is 0. The fourth-order valence-electron chi connectivity index (χ4n) is 2.01. The Morgan fingerprint density at radius 3 is 2.38 bits per heavy atom. The molecule has 1 heterocycles. The minimum atomic E-state index is -4.82. The first kappa shape index (κ1) is 16.2. The number of rotatable bonds is 3. The first-order valence-corrected chi connectivity index (χ1v) is 6.71. The third-order valence-electron chi connectivity index (χ3n) is 3.18. The van der Waals surface area contributed by atoms with Crippen molar-refractivity contribution < 1.29 is 22.7 Å². The molecule has 1 aromatic heterocycles. The van der Waals surface area contributed by atoms with Crippen molar-refractivity contribution in [3.63, 3.8) is 0 Å². The van der Waals surface area contributed by atoms with Crippen molar-refractivity contribution in [3.8, 4) is 0 Å². The molecule has 4 nitrogen and oxygen atoms in total. The lowest BCUT2D eigenvalue weighted by molar-refractivity contribution is -0.137. The van der Waals surface area contributed by atoms with Gasteiger partial charge in [-0.3, -0.25) is 0 Å². The standard InChI is InChI=1S/C12H11Cl2F3N2O2/c1-19(5-3-4-5)9-6(12(15,16)17)8(11(20)21-2)18-10(14)7(9)13/h5H,3-4H2,1-2H3. The maximum atomic E-state index is 13.4. The Hall–Kier alpha value is -1.21. The Morgan fingerprint density at radius 2 is 1.95 bits per heavy atom. The van der Waals surface area contributed by atoms with E-state index in [1.165, 1.54) is 11.9 Å². The fraction of sp³-hybridized carbons (Fsp3) is 0.500. The highest BCUT2D eigenvalue weighted by Crippen LogP contribution is 2.46. The maximum Gasteiger partial charge on any atom is 0.420 e. The van der Waals surface area contributed by atoms with E-state index in [1.807, 2.05) is 0 Å². The Kier molecular flexibility index (Phi) is 4.26. The Balaban J connectivity index is 2.75. The molecule has 0 amide bonds. The Morgan fingerprint density at radius 1 is 1.38 bits per heavy atom. The molecule has 0 radical (unpaired) electrons. The third kappa shape index (κ3) is 3.03. The summed E-state index contributed by atoms with van der Waals surface area (Å²) < 4.78 is 44.5. The van der Waals surface area contributed by atoms with Gasteiger partial charge in [-0.05, 0) is 12.8 Å². The first-order chi connectivity index (χ1) is 9.68. The number of nitrogens with zero attached hydrogens (tertiary/aromatic N) is 2. The highest BCUT2D eigenvalue weighted by molar-refractivity contribution is 6.43. The second-order valence-corrected chi connectivity index (χ2v) is 5.36. The van der Waals surface area contributed by atoms with Crippen molar-refractivity contribution in [2.24, 2.45) is 0 Å². The molecule has 1 aliphatic carbocycles. The normalized spacial score (nSPS) is 15.0. The monoisotopic (exact) mass is 342 g/mol. The molecule has 1 saturated carbocycles. The number of carbonyl (C=O) groups is 1. The summed E-state index contributed by atoms with van der Waals surface area (Å²) in [4.78, 5) is 16.4. The van der Waals surface area contributed by atoms with Crippen LogP contribution in [0.3, 0.4) is 0 Å². The molecule has 2 rings (SSSR count). The maximum absolute atomic E-state index is 13.4. The van der Waals surface area contributed by atoms with Gasteiger partial charge >= 0.3 is 12.1 Å². The molecule has 9 heteroatoms. The smallest absolute Gasteiger partial charge is 0.420 e. The SMILES string of the molecule is COC(=O)c1nc(Cl)c(Cl)c(N(C)C2CC2)c1C(F)(F)F. The number of esters is 1. The largest absolute Gasteiger partial charge is 0.464 e. The molecule has 0 N–H and O–H groups in total. The van der Waals surface area contributed by atoms with E-state index in [9.17, 15) is 18.0 Å². The summed E-state index contributed by atoms with van der Waals surface area (Å²) in [6, 6.07) is -0.0624. The lowest BCUT2D eigenvalue weighted by Gasteiger charge is -2.26. The molecule has 0 unspecified atom stereocenters. The number of methoxy groups -OCH3 is 1. The van der Waals surface area contributed by atoms with E-state index in [2.05, 4.69) is 9.72 Å². The topological polar surface area (TPSA) is 42.4 Å². The number of alkyl halides is 3. The highest BCUT2D eigenvalue weighted by atomic mass is 35.5. The molecule has 0 atom stereocenters. The number of halogens is 5. The Bertz CT molecular complexity index is 589. The molecule has 0 bridgehead atoms. The number of ether oxygens (including phenoxy) is 1. The predicted molar refractivity (Wildman–Crippen MR) is 72.0 cm³/mol. The minimum Gasteiger partial charge on any atom is -0.464 e. The van der Waals surface area contributed by atoms with E-state index in [0.29, 0.717) is 0 Å². The van der Waals surface area contributed by atoms with Crippen LogP contribution < -0.4 is 4.90 Å². The Labute approximate surface area is 128 Å². The number of hydrogen-bond acceptors (Lipinski definition) is 4. The van der Waals surface area contributed by atoms with Gasteiger partial charge in [0, 0.05) is 13.1 Å². The van der Waals surface area contributed by atoms with Gasteiger partial charge in [0.25, 0.3) is 0 Å². The first-order valence-electron chi connectivity index (χ1n) is 5.95. The van der Waals surface area contributed by atoms with Crippen LogP contribution in [-0.4, -0.2) is 31.2 Å². The number of hydrogen-bond donors (Lipinski definition) is 0. The van der Waals surface area contributed by atoms with Gasteiger partial charge in [0.05, 0.1) is 12.8 Å². The van der Waals surface area contributed by atoms with E-state index in [4.69, 9.17) is 23.2 Å². The van der Waals surface area contributed by atoms with Gasteiger partial charge in [0.1, 0.15) is 10.6 Å². The molecule has 0 spiro atoms.